The second-order valence-corrected chi connectivity index (χ2v) is 5.98. The Labute approximate surface area is 106 Å². The monoisotopic (exact) mass is 236 g/mol. The van der Waals surface area contributed by atoms with Crippen molar-refractivity contribution in [2.75, 3.05) is 32.7 Å². The molecule has 0 aliphatic carbocycles. The lowest BCUT2D eigenvalue weighted by Gasteiger charge is -2.44. The van der Waals surface area contributed by atoms with Gasteiger partial charge in [-0.2, -0.15) is 0 Å². The quantitative estimate of drug-likeness (QED) is 0.758. The zero-order valence-corrected chi connectivity index (χ0v) is 11.6. The second-order valence-electron chi connectivity index (χ2n) is 5.98. The van der Waals surface area contributed by atoms with Crippen molar-refractivity contribution in [2.24, 2.45) is 5.41 Å². The molecule has 0 atom stereocenters. The van der Waals surface area contributed by atoms with Crippen molar-refractivity contribution in [3.63, 3.8) is 0 Å². The van der Waals surface area contributed by atoms with Crippen LogP contribution in [0.2, 0.25) is 0 Å². The van der Waals surface area contributed by atoms with Crippen LogP contribution in [0.5, 0.6) is 0 Å². The van der Waals surface area contributed by atoms with E-state index in [0.717, 1.165) is 0 Å². The number of allylic oxidation sites excluding steroid dienone is 1. The van der Waals surface area contributed by atoms with E-state index >= 15 is 0 Å². The Hall–Kier alpha value is -0.340. The fourth-order valence-corrected chi connectivity index (χ4v) is 3.41. The van der Waals surface area contributed by atoms with Gasteiger partial charge >= 0.3 is 0 Å². The molecule has 98 valence electrons. The third kappa shape index (κ3) is 3.56. The summed E-state index contributed by atoms with van der Waals surface area (Å²) in [7, 11) is 0. The van der Waals surface area contributed by atoms with Gasteiger partial charge in [-0.3, -0.25) is 4.90 Å². The van der Waals surface area contributed by atoms with Crippen molar-refractivity contribution >= 4 is 0 Å². The van der Waals surface area contributed by atoms with Gasteiger partial charge in [0.05, 0.1) is 0 Å². The fraction of sp³-hybridized carbons (Fsp3) is 0.867. The fourth-order valence-electron chi connectivity index (χ4n) is 3.41. The van der Waals surface area contributed by atoms with Gasteiger partial charge in [0, 0.05) is 6.54 Å². The normalized spacial score (nSPS) is 26.4. The molecule has 0 saturated carbocycles. The molecule has 2 heterocycles. The van der Waals surface area contributed by atoms with E-state index in [9.17, 15) is 0 Å². The van der Waals surface area contributed by atoms with Gasteiger partial charge < -0.3 is 5.32 Å². The summed E-state index contributed by atoms with van der Waals surface area (Å²) < 4.78 is 0. The Balaban J connectivity index is 1.79. The molecule has 0 aromatic carbocycles. The first-order valence-electron chi connectivity index (χ1n) is 7.33. The second kappa shape index (κ2) is 6.01. The van der Waals surface area contributed by atoms with Gasteiger partial charge in [0.1, 0.15) is 0 Å². The molecule has 17 heavy (non-hydrogen) atoms. The van der Waals surface area contributed by atoms with Crippen LogP contribution in [0.1, 0.15) is 46.0 Å². The molecule has 0 radical (unpaired) electrons. The van der Waals surface area contributed by atoms with E-state index in [1.165, 1.54) is 64.8 Å². The molecule has 0 aromatic rings. The molecule has 2 heteroatoms. The Morgan fingerprint density at radius 1 is 1.18 bits per heavy atom. The number of piperidine rings is 2. The molecule has 1 N–H and O–H groups in total. The van der Waals surface area contributed by atoms with Crippen LogP contribution in [-0.2, 0) is 0 Å². The van der Waals surface area contributed by atoms with Gasteiger partial charge in [-0.25, -0.2) is 0 Å². The summed E-state index contributed by atoms with van der Waals surface area (Å²) >= 11 is 0. The predicted octanol–water partition coefficient (Wildman–Crippen LogP) is 2.81. The first-order chi connectivity index (χ1) is 8.24. The zero-order valence-electron chi connectivity index (χ0n) is 11.6. The highest BCUT2D eigenvalue weighted by molar-refractivity contribution is 5.01. The van der Waals surface area contributed by atoms with Gasteiger partial charge in [0.25, 0.3) is 0 Å². The Morgan fingerprint density at radius 2 is 1.82 bits per heavy atom. The third-order valence-electron chi connectivity index (χ3n) is 4.61. The molecule has 0 bridgehead atoms. The topological polar surface area (TPSA) is 15.3 Å². The van der Waals surface area contributed by atoms with Crippen LogP contribution in [0.4, 0.5) is 0 Å². The highest BCUT2D eigenvalue weighted by Gasteiger charge is 2.35. The molecule has 2 saturated heterocycles. The van der Waals surface area contributed by atoms with Crippen molar-refractivity contribution in [1.82, 2.24) is 10.2 Å². The minimum absolute atomic E-state index is 0.699. The summed E-state index contributed by atoms with van der Waals surface area (Å²) in [5, 5.41) is 3.49. The van der Waals surface area contributed by atoms with Gasteiger partial charge in [-0.1, -0.05) is 18.6 Å². The maximum Gasteiger partial charge on any atom is 0.0190 e. The molecule has 0 unspecified atom stereocenters. The molecule has 0 aromatic heterocycles. The number of rotatable bonds is 3. The zero-order chi connectivity index (χ0) is 12.1. The van der Waals surface area contributed by atoms with Crippen molar-refractivity contribution < 1.29 is 0 Å². The summed E-state index contributed by atoms with van der Waals surface area (Å²) in [6.45, 7) is 10.8. The van der Waals surface area contributed by atoms with Gasteiger partial charge in [-0.05, 0) is 70.6 Å². The van der Waals surface area contributed by atoms with Crippen LogP contribution in [-0.4, -0.2) is 37.6 Å². The van der Waals surface area contributed by atoms with Gasteiger partial charge in [0.15, 0.2) is 0 Å². The van der Waals surface area contributed by atoms with E-state index < -0.39 is 0 Å². The number of likely N-dealkylation sites (tertiary alicyclic amines) is 1. The smallest absolute Gasteiger partial charge is 0.0190 e. The van der Waals surface area contributed by atoms with Gasteiger partial charge in [-0.15, -0.1) is 0 Å². The molecule has 2 nitrogen and oxygen atoms in total. The van der Waals surface area contributed by atoms with E-state index in [1.807, 2.05) is 0 Å². The van der Waals surface area contributed by atoms with Gasteiger partial charge in [0.2, 0.25) is 0 Å². The Kier molecular flexibility index (Phi) is 4.63. The Bertz CT molecular complexity index is 254. The largest absolute Gasteiger partial charge is 0.317 e. The highest BCUT2D eigenvalue weighted by Crippen LogP contribution is 2.39. The summed E-state index contributed by atoms with van der Waals surface area (Å²) in [5.41, 5.74) is 2.25. The molecule has 2 aliphatic heterocycles. The van der Waals surface area contributed by atoms with Crippen LogP contribution >= 0.6 is 0 Å². The third-order valence-corrected chi connectivity index (χ3v) is 4.61. The highest BCUT2D eigenvalue weighted by atomic mass is 15.1. The van der Waals surface area contributed by atoms with Crippen molar-refractivity contribution in [2.45, 2.75) is 46.0 Å². The summed E-state index contributed by atoms with van der Waals surface area (Å²) in [4.78, 5) is 2.65. The number of hydrogen-bond acceptors (Lipinski definition) is 2. The van der Waals surface area contributed by atoms with Crippen molar-refractivity contribution in [3.05, 3.63) is 11.6 Å². The molecular weight excluding hydrogens is 208 g/mol. The number of nitrogens with zero attached hydrogens (tertiary/aromatic N) is 1. The van der Waals surface area contributed by atoms with E-state index in [1.54, 1.807) is 5.57 Å². The van der Waals surface area contributed by atoms with E-state index in [4.69, 9.17) is 0 Å². The van der Waals surface area contributed by atoms with Crippen LogP contribution in [0.3, 0.4) is 0 Å². The maximum absolute atomic E-state index is 3.49. The summed E-state index contributed by atoms with van der Waals surface area (Å²) in [6.07, 6.45) is 9.21. The van der Waals surface area contributed by atoms with E-state index in [-0.39, 0.29) is 0 Å². The van der Waals surface area contributed by atoms with Crippen LogP contribution in [0, 0.1) is 5.41 Å². The minimum atomic E-state index is 0.699. The lowest BCUT2D eigenvalue weighted by atomic mass is 9.71. The van der Waals surface area contributed by atoms with Crippen molar-refractivity contribution in [3.8, 4) is 0 Å². The average Bonchev–Trinajstić information content (AvgIpc) is 2.34. The number of hydrogen-bond donors (Lipinski definition) is 1. The van der Waals surface area contributed by atoms with Crippen molar-refractivity contribution in [1.29, 1.82) is 0 Å². The first-order valence-corrected chi connectivity index (χ1v) is 7.33. The molecule has 2 rings (SSSR count). The first kappa shape index (κ1) is 13.1. The number of nitrogens with one attached hydrogen (secondary N) is 1. The minimum Gasteiger partial charge on any atom is -0.317 e. The SMILES string of the molecule is CC/C=C(\C)CN1CCC2(CCNCC2)CC1. The standard InChI is InChI=1S/C15H28N2/c1-3-4-14(2)13-17-11-7-15(8-12-17)5-9-16-10-6-15/h4,16H,3,5-13H2,1-2H3/b14-4+. The van der Waals surface area contributed by atoms with Crippen LogP contribution < -0.4 is 5.32 Å². The van der Waals surface area contributed by atoms with Crippen LogP contribution in [0.15, 0.2) is 11.6 Å². The summed E-state index contributed by atoms with van der Waals surface area (Å²) in [6, 6.07) is 0. The molecule has 1 spiro atoms. The summed E-state index contributed by atoms with van der Waals surface area (Å²) in [5.74, 6) is 0. The lowest BCUT2D eigenvalue weighted by molar-refractivity contribution is 0.0789. The Morgan fingerprint density at radius 3 is 2.41 bits per heavy atom. The molecule has 2 aliphatic rings. The molecule has 2 fully saturated rings. The lowest BCUT2D eigenvalue weighted by Crippen LogP contribution is -2.45. The predicted molar refractivity (Wildman–Crippen MR) is 74.3 cm³/mol. The average molecular weight is 236 g/mol. The van der Waals surface area contributed by atoms with E-state index in [2.05, 4.69) is 30.1 Å². The van der Waals surface area contributed by atoms with Crippen LogP contribution in [0.25, 0.3) is 0 Å². The molecule has 0 amide bonds. The molecular formula is C15H28N2. The van der Waals surface area contributed by atoms with E-state index in [0.29, 0.717) is 5.41 Å². The maximum atomic E-state index is 3.49.